The van der Waals surface area contributed by atoms with Crippen molar-refractivity contribution in [3.63, 3.8) is 0 Å². The number of rotatable bonds is 10. The van der Waals surface area contributed by atoms with Gasteiger partial charge in [-0.1, -0.05) is 27.7 Å². The predicted octanol–water partition coefficient (Wildman–Crippen LogP) is 1.98. The second kappa shape index (κ2) is 10.1. The smallest absolute Gasteiger partial charge is 0.0593 e. The normalized spacial score (nSPS) is 13.7. The second-order valence-corrected chi connectivity index (χ2v) is 4.44. The summed E-state index contributed by atoms with van der Waals surface area (Å²) in [6.45, 7) is 17.0. The Hall–Kier alpha value is -0.120. The highest BCUT2D eigenvalue weighted by molar-refractivity contribution is 4.76. The van der Waals surface area contributed by atoms with Gasteiger partial charge in [0.1, 0.15) is 0 Å². The van der Waals surface area contributed by atoms with Gasteiger partial charge >= 0.3 is 0 Å². The maximum atomic E-state index is 5.44. The van der Waals surface area contributed by atoms with Crippen LogP contribution in [0.5, 0.6) is 0 Å². The minimum atomic E-state index is 0.616. The SMILES string of the molecule is CCNCC(C(C)C)N(CC)CCOCC. The Kier molecular flexibility index (Phi) is 9.99. The molecule has 0 bridgehead atoms. The zero-order valence-electron chi connectivity index (χ0n) is 11.8. The van der Waals surface area contributed by atoms with Crippen LogP contribution < -0.4 is 5.32 Å². The van der Waals surface area contributed by atoms with Gasteiger partial charge in [0, 0.05) is 25.7 Å². The third-order valence-corrected chi connectivity index (χ3v) is 2.98. The lowest BCUT2D eigenvalue weighted by Crippen LogP contribution is -2.46. The lowest BCUT2D eigenvalue weighted by atomic mass is 10.0. The second-order valence-electron chi connectivity index (χ2n) is 4.44. The van der Waals surface area contributed by atoms with E-state index in [1.807, 2.05) is 0 Å². The van der Waals surface area contributed by atoms with E-state index in [-0.39, 0.29) is 0 Å². The van der Waals surface area contributed by atoms with Crippen molar-refractivity contribution < 1.29 is 4.74 Å². The minimum absolute atomic E-state index is 0.616. The molecule has 0 amide bonds. The summed E-state index contributed by atoms with van der Waals surface area (Å²) in [5, 5.41) is 3.45. The van der Waals surface area contributed by atoms with Crippen molar-refractivity contribution in [2.24, 2.45) is 5.92 Å². The van der Waals surface area contributed by atoms with Gasteiger partial charge in [-0.2, -0.15) is 0 Å². The Balaban J connectivity index is 4.11. The van der Waals surface area contributed by atoms with E-state index < -0.39 is 0 Å². The molecule has 0 radical (unpaired) electrons. The fraction of sp³-hybridized carbons (Fsp3) is 1.00. The van der Waals surface area contributed by atoms with Crippen LogP contribution in [0.4, 0.5) is 0 Å². The van der Waals surface area contributed by atoms with E-state index in [9.17, 15) is 0 Å². The molecule has 0 spiro atoms. The summed E-state index contributed by atoms with van der Waals surface area (Å²) in [6, 6.07) is 0.616. The first-order valence-electron chi connectivity index (χ1n) is 6.69. The molecule has 16 heavy (non-hydrogen) atoms. The van der Waals surface area contributed by atoms with Crippen molar-refractivity contribution in [2.75, 3.05) is 39.4 Å². The molecule has 0 heterocycles. The van der Waals surface area contributed by atoms with Gasteiger partial charge in [0.25, 0.3) is 0 Å². The molecule has 1 N–H and O–H groups in total. The van der Waals surface area contributed by atoms with Crippen LogP contribution in [-0.4, -0.2) is 50.3 Å². The average molecular weight is 230 g/mol. The van der Waals surface area contributed by atoms with Gasteiger partial charge in [-0.15, -0.1) is 0 Å². The van der Waals surface area contributed by atoms with Gasteiger partial charge in [-0.3, -0.25) is 4.90 Å². The number of nitrogens with zero attached hydrogens (tertiary/aromatic N) is 1. The largest absolute Gasteiger partial charge is 0.380 e. The molecule has 1 atom stereocenters. The molecule has 1 unspecified atom stereocenters. The topological polar surface area (TPSA) is 24.5 Å². The Morgan fingerprint density at radius 2 is 1.88 bits per heavy atom. The van der Waals surface area contributed by atoms with Crippen LogP contribution in [0.2, 0.25) is 0 Å². The highest BCUT2D eigenvalue weighted by Crippen LogP contribution is 2.09. The zero-order chi connectivity index (χ0) is 12.4. The lowest BCUT2D eigenvalue weighted by molar-refractivity contribution is 0.0835. The van der Waals surface area contributed by atoms with Crippen molar-refractivity contribution >= 4 is 0 Å². The summed E-state index contributed by atoms with van der Waals surface area (Å²) in [5.41, 5.74) is 0. The molecule has 3 heteroatoms. The fourth-order valence-electron chi connectivity index (χ4n) is 1.96. The molecule has 0 saturated carbocycles. The molecular formula is C13H30N2O. The lowest BCUT2D eigenvalue weighted by Gasteiger charge is -2.33. The molecule has 0 fully saturated rings. The highest BCUT2D eigenvalue weighted by atomic mass is 16.5. The van der Waals surface area contributed by atoms with Crippen LogP contribution in [0.25, 0.3) is 0 Å². The van der Waals surface area contributed by atoms with Crippen molar-refractivity contribution in [3.8, 4) is 0 Å². The summed E-state index contributed by atoms with van der Waals surface area (Å²) < 4.78 is 5.44. The minimum Gasteiger partial charge on any atom is -0.380 e. The summed E-state index contributed by atoms with van der Waals surface area (Å²) in [4.78, 5) is 2.52. The van der Waals surface area contributed by atoms with Crippen LogP contribution in [-0.2, 0) is 4.74 Å². The van der Waals surface area contributed by atoms with Crippen molar-refractivity contribution in [2.45, 2.75) is 40.7 Å². The fourth-order valence-corrected chi connectivity index (χ4v) is 1.96. The first-order valence-corrected chi connectivity index (χ1v) is 6.69. The highest BCUT2D eigenvalue weighted by Gasteiger charge is 2.19. The van der Waals surface area contributed by atoms with Gasteiger partial charge in [0.15, 0.2) is 0 Å². The molecule has 98 valence electrons. The van der Waals surface area contributed by atoms with Gasteiger partial charge in [0.2, 0.25) is 0 Å². The van der Waals surface area contributed by atoms with E-state index in [1.54, 1.807) is 0 Å². The first-order chi connectivity index (χ1) is 7.67. The van der Waals surface area contributed by atoms with Crippen molar-refractivity contribution in [1.29, 1.82) is 0 Å². The van der Waals surface area contributed by atoms with E-state index in [0.717, 1.165) is 39.4 Å². The summed E-state index contributed by atoms with van der Waals surface area (Å²) in [5.74, 6) is 0.681. The van der Waals surface area contributed by atoms with Gasteiger partial charge < -0.3 is 10.1 Å². The van der Waals surface area contributed by atoms with Crippen LogP contribution >= 0.6 is 0 Å². The third kappa shape index (κ3) is 6.46. The Bertz CT molecular complexity index is 151. The predicted molar refractivity (Wildman–Crippen MR) is 70.9 cm³/mol. The number of ether oxygens (including phenoxy) is 1. The van der Waals surface area contributed by atoms with E-state index >= 15 is 0 Å². The number of hydrogen-bond donors (Lipinski definition) is 1. The van der Waals surface area contributed by atoms with Crippen LogP contribution in [0.15, 0.2) is 0 Å². The molecule has 0 aliphatic rings. The van der Waals surface area contributed by atoms with E-state index in [1.165, 1.54) is 0 Å². The maximum absolute atomic E-state index is 5.44. The third-order valence-electron chi connectivity index (χ3n) is 2.98. The Labute approximate surface area is 102 Å². The van der Waals surface area contributed by atoms with Gasteiger partial charge in [0.05, 0.1) is 6.61 Å². The first kappa shape index (κ1) is 15.9. The van der Waals surface area contributed by atoms with E-state index in [0.29, 0.717) is 12.0 Å². The van der Waals surface area contributed by atoms with E-state index in [4.69, 9.17) is 4.74 Å². The monoisotopic (exact) mass is 230 g/mol. The zero-order valence-corrected chi connectivity index (χ0v) is 11.8. The van der Waals surface area contributed by atoms with Crippen molar-refractivity contribution in [1.82, 2.24) is 10.2 Å². The molecular weight excluding hydrogens is 200 g/mol. The van der Waals surface area contributed by atoms with Crippen LogP contribution in [0.3, 0.4) is 0 Å². The molecule has 0 aromatic heterocycles. The Morgan fingerprint density at radius 3 is 2.31 bits per heavy atom. The molecule has 0 aromatic rings. The van der Waals surface area contributed by atoms with Crippen molar-refractivity contribution in [3.05, 3.63) is 0 Å². The summed E-state index contributed by atoms with van der Waals surface area (Å²) in [6.07, 6.45) is 0. The standard InChI is InChI=1S/C13H30N2O/c1-6-14-11-13(12(4)5)15(7-2)9-10-16-8-3/h12-14H,6-11H2,1-5H3. The van der Waals surface area contributed by atoms with Gasteiger partial charge in [-0.25, -0.2) is 0 Å². The molecule has 0 aromatic carbocycles. The molecule has 0 aliphatic heterocycles. The van der Waals surface area contributed by atoms with Crippen LogP contribution in [0, 0.1) is 5.92 Å². The maximum Gasteiger partial charge on any atom is 0.0593 e. The molecule has 0 saturated heterocycles. The summed E-state index contributed by atoms with van der Waals surface area (Å²) in [7, 11) is 0. The number of likely N-dealkylation sites (N-methyl/N-ethyl adjacent to an activating group) is 2. The molecule has 0 rings (SSSR count). The number of hydrogen-bond acceptors (Lipinski definition) is 3. The average Bonchev–Trinajstić information content (AvgIpc) is 2.26. The van der Waals surface area contributed by atoms with E-state index in [2.05, 4.69) is 44.8 Å². The molecule has 0 aliphatic carbocycles. The van der Waals surface area contributed by atoms with Gasteiger partial charge in [-0.05, 0) is 25.9 Å². The van der Waals surface area contributed by atoms with Crippen LogP contribution in [0.1, 0.15) is 34.6 Å². The quantitative estimate of drug-likeness (QED) is 0.581. The Morgan fingerprint density at radius 1 is 1.19 bits per heavy atom. The summed E-state index contributed by atoms with van der Waals surface area (Å²) >= 11 is 0. The molecule has 3 nitrogen and oxygen atoms in total. The number of nitrogens with one attached hydrogen (secondary N) is 1.